The highest BCUT2D eigenvalue weighted by molar-refractivity contribution is 5.90. The Balaban J connectivity index is 2.05. The minimum absolute atomic E-state index is 0.0171. The van der Waals surface area contributed by atoms with Gasteiger partial charge in [0, 0.05) is 33.4 Å². The number of amides is 2. The molecule has 2 N–H and O–H groups in total. The summed E-state index contributed by atoms with van der Waals surface area (Å²) in [5.74, 6) is -0.119. The van der Waals surface area contributed by atoms with Gasteiger partial charge in [-0.3, -0.25) is 9.59 Å². The topological polar surface area (TPSA) is 75.9 Å². The number of hydrogen-bond acceptors (Lipinski definition) is 4. The van der Waals surface area contributed by atoms with Gasteiger partial charge in [0.05, 0.1) is 12.1 Å². The van der Waals surface area contributed by atoms with Crippen molar-refractivity contribution < 1.29 is 14.3 Å². The third-order valence-electron chi connectivity index (χ3n) is 3.77. The molecular formula is C12H21N3O3. The molecule has 6 heteroatoms. The van der Waals surface area contributed by atoms with Gasteiger partial charge in [-0.05, 0) is 19.3 Å². The van der Waals surface area contributed by atoms with Gasteiger partial charge in [0.1, 0.15) is 0 Å². The summed E-state index contributed by atoms with van der Waals surface area (Å²) in [7, 11) is 1.77. The van der Waals surface area contributed by atoms with E-state index >= 15 is 0 Å². The molecule has 2 fully saturated rings. The van der Waals surface area contributed by atoms with Crippen molar-refractivity contribution in [3.63, 3.8) is 0 Å². The Kier molecular flexibility index (Phi) is 3.87. The van der Waals surface area contributed by atoms with Crippen molar-refractivity contribution in [1.82, 2.24) is 9.80 Å². The molecule has 2 saturated heterocycles. The molecule has 2 heterocycles. The molecule has 0 aromatic carbocycles. The van der Waals surface area contributed by atoms with Gasteiger partial charge in [-0.1, -0.05) is 0 Å². The lowest BCUT2D eigenvalue weighted by atomic mass is 9.89. The molecule has 2 aliphatic heterocycles. The van der Waals surface area contributed by atoms with E-state index < -0.39 is 5.54 Å². The van der Waals surface area contributed by atoms with Crippen LogP contribution in [0.5, 0.6) is 0 Å². The summed E-state index contributed by atoms with van der Waals surface area (Å²) in [5, 5.41) is 0. The molecule has 102 valence electrons. The zero-order chi connectivity index (χ0) is 13.2. The Labute approximate surface area is 107 Å². The molecule has 2 rings (SSSR count). The SMILES string of the molecule is CN1CCCN(C(=O)C2(N)CCOCC2)CC1=O. The minimum atomic E-state index is -0.846. The summed E-state index contributed by atoms with van der Waals surface area (Å²) >= 11 is 0. The predicted molar refractivity (Wildman–Crippen MR) is 65.8 cm³/mol. The van der Waals surface area contributed by atoms with Crippen molar-refractivity contribution >= 4 is 11.8 Å². The van der Waals surface area contributed by atoms with E-state index in [4.69, 9.17) is 10.5 Å². The summed E-state index contributed by atoms with van der Waals surface area (Å²) in [6.45, 7) is 2.49. The molecule has 0 aromatic rings. The molecule has 2 amide bonds. The third-order valence-corrected chi connectivity index (χ3v) is 3.77. The standard InChI is InChI=1S/C12H21N3O3/c1-14-5-2-6-15(9-10(14)16)11(17)12(13)3-7-18-8-4-12/h2-9,13H2,1H3. The molecule has 0 aromatic heterocycles. The Morgan fingerprint density at radius 3 is 2.67 bits per heavy atom. The first-order valence-corrected chi connectivity index (χ1v) is 6.43. The average Bonchev–Trinajstić information content (AvgIpc) is 2.52. The van der Waals surface area contributed by atoms with Crippen LogP contribution in [-0.4, -0.2) is 67.0 Å². The lowest BCUT2D eigenvalue weighted by Crippen LogP contribution is -2.58. The highest BCUT2D eigenvalue weighted by Crippen LogP contribution is 2.21. The minimum Gasteiger partial charge on any atom is -0.381 e. The van der Waals surface area contributed by atoms with Gasteiger partial charge < -0.3 is 20.3 Å². The van der Waals surface area contributed by atoms with Crippen LogP contribution in [0.4, 0.5) is 0 Å². The maximum absolute atomic E-state index is 12.5. The Morgan fingerprint density at radius 1 is 1.33 bits per heavy atom. The molecule has 6 nitrogen and oxygen atoms in total. The molecule has 0 saturated carbocycles. The van der Waals surface area contributed by atoms with Gasteiger partial charge in [-0.15, -0.1) is 0 Å². The van der Waals surface area contributed by atoms with E-state index in [1.807, 2.05) is 0 Å². The van der Waals surface area contributed by atoms with Crippen LogP contribution in [0, 0.1) is 0 Å². The van der Waals surface area contributed by atoms with E-state index in [-0.39, 0.29) is 18.4 Å². The van der Waals surface area contributed by atoms with Crippen LogP contribution in [0.1, 0.15) is 19.3 Å². The number of nitrogens with two attached hydrogens (primary N) is 1. The van der Waals surface area contributed by atoms with Gasteiger partial charge in [0.15, 0.2) is 0 Å². The van der Waals surface area contributed by atoms with Gasteiger partial charge in [-0.25, -0.2) is 0 Å². The number of hydrogen-bond donors (Lipinski definition) is 1. The van der Waals surface area contributed by atoms with Gasteiger partial charge in [0.2, 0.25) is 11.8 Å². The fourth-order valence-corrected chi connectivity index (χ4v) is 2.42. The molecule has 0 bridgehead atoms. The Morgan fingerprint density at radius 2 is 2.00 bits per heavy atom. The molecule has 0 unspecified atom stereocenters. The zero-order valence-electron chi connectivity index (χ0n) is 10.9. The first-order chi connectivity index (χ1) is 8.53. The number of carbonyl (C=O) groups is 2. The van der Waals surface area contributed by atoms with E-state index in [0.29, 0.717) is 39.1 Å². The summed E-state index contributed by atoms with van der Waals surface area (Å²) in [6.07, 6.45) is 1.87. The van der Waals surface area contributed by atoms with Crippen molar-refractivity contribution in [1.29, 1.82) is 0 Å². The second-order valence-corrected chi connectivity index (χ2v) is 5.16. The fourth-order valence-electron chi connectivity index (χ4n) is 2.42. The van der Waals surface area contributed by atoms with Gasteiger partial charge in [0.25, 0.3) is 0 Å². The van der Waals surface area contributed by atoms with Gasteiger partial charge in [-0.2, -0.15) is 0 Å². The highest BCUT2D eigenvalue weighted by atomic mass is 16.5. The van der Waals surface area contributed by atoms with E-state index in [1.54, 1.807) is 16.8 Å². The monoisotopic (exact) mass is 255 g/mol. The van der Waals surface area contributed by atoms with Crippen LogP contribution in [0.2, 0.25) is 0 Å². The molecule has 0 spiro atoms. The maximum Gasteiger partial charge on any atom is 0.243 e. The smallest absolute Gasteiger partial charge is 0.243 e. The van der Waals surface area contributed by atoms with Crippen molar-refractivity contribution in [3.05, 3.63) is 0 Å². The van der Waals surface area contributed by atoms with Gasteiger partial charge >= 0.3 is 0 Å². The number of carbonyl (C=O) groups excluding carboxylic acids is 2. The summed E-state index contributed by atoms with van der Waals surface area (Å²) in [4.78, 5) is 27.5. The Hall–Kier alpha value is -1.14. The zero-order valence-corrected chi connectivity index (χ0v) is 10.9. The molecular weight excluding hydrogens is 234 g/mol. The van der Waals surface area contributed by atoms with Crippen molar-refractivity contribution in [2.24, 2.45) is 5.73 Å². The van der Waals surface area contributed by atoms with E-state index in [1.165, 1.54) is 0 Å². The molecule has 0 aliphatic carbocycles. The summed E-state index contributed by atoms with van der Waals surface area (Å²) in [6, 6.07) is 0. The van der Waals surface area contributed by atoms with Crippen LogP contribution in [-0.2, 0) is 14.3 Å². The number of rotatable bonds is 1. The second kappa shape index (κ2) is 5.24. The maximum atomic E-state index is 12.5. The lowest BCUT2D eigenvalue weighted by Gasteiger charge is -2.36. The fraction of sp³-hybridized carbons (Fsp3) is 0.833. The second-order valence-electron chi connectivity index (χ2n) is 5.16. The first-order valence-electron chi connectivity index (χ1n) is 6.43. The van der Waals surface area contributed by atoms with Crippen LogP contribution in [0.15, 0.2) is 0 Å². The molecule has 18 heavy (non-hydrogen) atoms. The van der Waals surface area contributed by atoms with E-state index in [2.05, 4.69) is 0 Å². The van der Waals surface area contributed by atoms with Crippen molar-refractivity contribution in [3.8, 4) is 0 Å². The largest absolute Gasteiger partial charge is 0.381 e. The molecule has 0 radical (unpaired) electrons. The number of ether oxygens (including phenoxy) is 1. The van der Waals surface area contributed by atoms with Crippen LogP contribution in [0.3, 0.4) is 0 Å². The predicted octanol–water partition coefficient (Wildman–Crippen LogP) is -0.815. The van der Waals surface area contributed by atoms with E-state index in [0.717, 1.165) is 6.42 Å². The van der Waals surface area contributed by atoms with Crippen LogP contribution >= 0.6 is 0 Å². The molecule has 0 atom stereocenters. The van der Waals surface area contributed by atoms with Crippen LogP contribution < -0.4 is 5.73 Å². The van der Waals surface area contributed by atoms with Crippen molar-refractivity contribution in [2.45, 2.75) is 24.8 Å². The Bertz CT molecular complexity index is 339. The highest BCUT2D eigenvalue weighted by Gasteiger charge is 2.40. The quantitative estimate of drug-likeness (QED) is 0.664. The summed E-state index contributed by atoms with van der Waals surface area (Å²) < 4.78 is 5.24. The average molecular weight is 255 g/mol. The first kappa shape index (κ1) is 13.3. The normalized spacial score (nSPS) is 24.9. The van der Waals surface area contributed by atoms with Crippen molar-refractivity contribution in [2.75, 3.05) is 39.9 Å². The van der Waals surface area contributed by atoms with Crippen LogP contribution in [0.25, 0.3) is 0 Å². The third kappa shape index (κ3) is 2.64. The summed E-state index contributed by atoms with van der Waals surface area (Å²) in [5.41, 5.74) is 5.32. The lowest BCUT2D eigenvalue weighted by molar-refractivity contribution is -0.144. The van der Waals surface area contributed by atoms with E-state index in [9.17, 15) is 9.59 Å². The number of nitrogens with zero attached hydrogens (tertiary/aromatic N) is 2. The molecule has 2 aliphatic rings. The number of likely N-dealkylation sites (N-methyl/N-ethyl adjacent to an activating group) is 1.